The molecule has 0 N–H and O–H groups in total. The van der Waals surface area contributed by atoms with Gasteiger partial charge in [0, 0.05) is 38.7 Å². The Balaban J connectivity index is 1.41. The van der Waals surface area contributed by atoms with Gasteiger partial charge in [-0.2, -0.15) is 0 Å². The Labute approximate surface area is 295 Å². The molecule has 0 spiro atoms. The molecule has 0 saturated carbocycles. The summed E-state index contributed by atoms with van der Waals surface area (Å²) < 4.78 is 90.1. The van der Waals surface area contributed by atoms with E-state index in [4.69, 9.17) is 13.7 Å². The molecular weight excluding hydrogens is 581 g/mol. The first-order valence-corrected chi connectivity index (χ1v) is 16.2. The zero-order valence-electron chi connectivity index (χ0n) is 37.0. The molecule has 0 bridgehead atoms. The highest BCUT2D eigenvalue weighted by Gasteiger charge is 2.38. The molecule has 230 valence electrons. The average molecular weight is 627 g/mol. The van der Waals surface area contributed by atoms with E-state index < -0.39 is 65.8 Å². The number of hydrogen-bond acceptors (Lipinski definition) is 1. The highest BCUT2D eigenvalue weighted by molar-refractivity contribution is 6.16. The predicted molar refractivity (Wildman–Crippen MR) is 203 cm³/mol. The van der Waals surface area contributed by atoms with Crippen LogP contribution >= 0.6 is 0 Å². The summed E-state index contributed by atoms with van der Waals surface area (Å²) in [6.07, 6.45) is 0. The topological polar surface area (TPSA) is 8.17 Å². The van der Waals surface area contributed by atoms with Gasteiger partial charge in [-0.3, -0.25) is 0 Å². The number of benzene rings is 7. The van der Waals surface area contributed by atoms with Crippen LogP contribution in [0.1, 0.15) is 63.7 Å². The third-order valence-electron chi connectivity index (χ3n) is 10.7. The number of fused-ring (bicyclic) bond motifs is 7. The van der Waals surface area contributed by atoms with Crippen molar-refractivity contribution in [3.63, 3.8) is 0 Å². The van der Waals surface area contributed by atoms with E-state index >= 15 is 0 Å². The van der Waals surface area contributed by atoms with Crippen molar-refractivity contribution < 1.29 is 13.7 Å². The predicted octanol–water partition coefficient (Wildman–Crippen LogP) is 12.4. The number of anilines is 3. The van der Waals surface area contributed by atoms with Gasteiger partial charge in [0.15, 0.2) is 0 Å². The van der Waals surface area contributed by atoms with E-state index in [9.17, 15) is 0 Å². The molecule has 0 unspecified atom stereocenters. The van der Waals surface area contributed by atoms with Gasteiger partial charge in [0.2, 0.25) is 0 Å². The molecule has 48 heavy (non-hydrogen) atoms. The van der Waals surface area contributed by atoms with Crippen LogP contribution in [0.5, 0.6) is 0 Å². The van der Waals surface area contributed by atoms with Gasteiger partial charge in [0.1, 0.15) is 0 Å². The molecule has 2 nitrogen and oxygen atoms in total. The Morgan fingerprint density at radius 1 is 0.542 bits per heavy atom. The number of aromatic nitrogens is 1. The second-order valence-corrected chi connectivity index (χ2v) is 13.9. The molecule has 0 radical (unpaired) electrons. The lowest BCUT2D eigenvalue weighted by Crippen LogP contribution is -2.27. The van der Waals surface area contributed by atoms with Crippen LogP contribution in [0.2, 0.25) is 0 Å². The van der Waals surface area contributed by atoms with E-state index in [0.717, 1.165) is 55.1 Å². The van der Waals surface area contributed by atoms with Crippen molar-refractivity contribution in [2.24, 2.45) is 0 Å². The minimum Gasteiger partial charge on any atom is -0.310 e. The summed E-state index contributed by atoms with van der Waals surface area (Å²) in [6.45, 7) is 8.77. The normalized spacial score (nSPS) is 17.9. The molecule has 8 aromatic rings. The second kappa shape index (κ2) is 9.49. The molecule has 2 heterocycles. The van der Waals surface area contributed by atoms with Gasteiger partial charge in [0.25, 0.3) is 0 Å². The third kappa shape index (κ3) is 3.52. The summed E-state index contributed by atoms with van der Waals surface area (Å²) in [5.41, 5.74) is 8.12. The summed E-state index contributed by atoms with van der Waals surface area (Å²) in [5.74, 6) is 0. The van der Waals surface area contributed by atoms with Crippen molar-refractivity contribution in [1.29, 1.82) is 0 Å². The monoisotopic (exact) mass is 626 g/mol. The van der Waals surface area contributed by atoms with Crippen molar-refractivity contribution in [2.45, 2.75) is 38.5 Å². The van der Waals surface area contributed by atoms with Crippen LogP contribution < -0.4 is 4.90 Å². The zero-order chi connectivity index (χ0) is 41.1. The average Bonchev–Trinajstić information content (AvgIpc) is 3.54. The molecule has 0 atom stereocenters. The van der Waals surface area contributed by atoms with Gasteiger partial charge in [-0.1, -0.05) is 119 Å². The summed E-state index contributed by atoms with van der Waals surface area (Å²) in [4.78, 5) is 1.27. The van der Waals surface area contributed by atoms with Gasteiger partial charge in [-0.15, -0.1) is 0 Å². The van der Waals surface area contributed by atoms with Crippen LogP contribution in [0.4, 0.5) is 17.1 Å². The lowest BCUT2D eigenvalue weighted by molar-refractivity contribution is 0.629. The maximum atomic E-state index is 9.12. The standard InChI is InChI=1S/C46H36N2/c1-45(2)37-22-11-12-24-41(37)48-42-28-39-34(33-21-13-15-29-16-14-23-38(43(29)33)46(39,3)4)27-35(42)36-25-32(26-40(45)44(36)48)47(30-17-7-5-8-18-30)31-19-9-6-10-20-31/h5-28H,1-4H3/i5D,6D,7D,8D,9D,10D,17D,18D,19D,20D. The Bertz CT molecular complexity index is 3060. The van der Waals surface area contributed by atoms with Crippen molar-refractivity contribution in [2.75, 3.05) is 4.90 Å². The maximum absolute atomic E-state index is 9.12. The Kier molecular flexibility index (Phi) is 3.81. The number of para-hydroxylation sites is 3. The third-order valence-corrected chi connectivity index (χ3v) is 10.7. The molecular formula is C46H36N2. The van der Waals surface area contributed by atoms with Crippen molar-refractivity contribution >= 4 is 49.6 Å². The zero-order valence-corrected chi connectivity index (χ0v) is 27.0. The summed E-state index contributed by atoms with van der Waals surface area (Å²) in [7, 11) is 0. The Hall–Kier alpha value is -5.60. The lowest BCUT2D eigenvalue weighted by Gasteiger charge is -2.36. The van der Waals surface area contributed by atoms with Gasteiger partial charge < -0.3 is 9.47 Å². The second-order valence-electron chi connectivity index (χ2n) is 13.9. The number of hydrogen-bond donors (Lipinski definition) is 0. The number of nitrogens with zero attached hydrogens (tertiary/aromatic N) is 2. The minimum absolute atomic E-state index is 0.288. The molecule has 2 aliphatic rings. The fourth-order valence-electron chi connectivity index (χ4n) is 8.42. The van der Waals surface area contributed by atoms with Crippen molar-refractivity contribution in [3.05, 3.63) is 168 Å². The van der Waals surface area contributed by atoms with E-state index in [0.29, 0.717) is 0 Å². The summed E-state index contributed by atoms with van der Waals surface area (Å²) in [6, 6.07) is 23.5. The molecule has 0 amide bonds. The molecule has 1 aliphatic carbocycles. The van der Waals surface area contributed by atoms with E-state index in [1.807, 2.05) is 24.3 Å². The molecule has 0 fully saturated rings. The summed E-state index contributed by atoms with van der Waals surface area (Å²) >= 11 is 0. The van der Waals surface area contributed by atoms with Crippen molar-refractivity contribution in [3.8, 4) is 16.8 Å². The first-order chi connectivity index (χ1) is 27.5. The minimum atomic E-state index is -0.638. The first kappa shape index (κ1) is 19.3. The quantitative estimate of drug-likeness (QED) is 0.189. The van der Waals surface area contributed by atoms with Crippen LogP contribution in [-0.2, 0) is 10.8 Å². The van der Waals surface area contributed by atoms with Crippen LogP contribution in [0, 0.1) is 0 Å². The molecule has 1 aliphatic heterocycles. The van der Waals surface area contributed by atoms with E-state index in [-0.39, 0.29) is 22.5 Å². The highest BCUT2D eigenvalue weighted by Crippen LogP contribution is 2.54. The fourth-order valence-corrected chi connectivity index (χ4v) is 8.42. The molecule has 2 heteroatoms. The summed E-state index contributed by atoms with van der Waals surface area (Å²) in [5, 5.41) is 4.08. The SMILES string of the molecule is [2H]c1c([2H])c([2H])c(N(c2cc3c4c(c2)c2cc5c(cc2n4-c2ccccc2C3(C)C)C(C)(C)c2cccc3cccc-5c23)c2c([2H])c([2H])c([2H])c([2H])c2[2H])c([2H])c1[2H]. The Morgan fingerprint density at radius 2 is 1.19 bits per heavy atom. The van der Waals surface area contributed by atoms with Gasteiger partial charge >= 0.3 is 0 Å². The van der Waals surface area contributed by atoms with Crippen LogP contribution in [0.15, 0.2) is 145 Å². The largest absolute Gasteiger partial charge is 0.310 e. The lowest BCUT2D eigenvalue weighted by atomic mass is 9.68. The van der Waals surface area contributed by atoms with E-state index in [1.54, 1.807) is 0 Å². The van der Waals surface area contributed by atoms with E-state index in [2.05, 4.69) is 92.9 Å². The molecule has 1 aromatic heterocycles. The molecule has 10 rings (SSSR count). The van der Waals surface area contributed by atoms with Gasteiger partial charge in [-0.25, -0.2) is 0 Å². The van der Waals surface area contributed by atoms with Crippen molar-refractivity contribution in [1.82, 2.24) is 4.57 Å². The molecule has 0 saturated heterocycles. The Morgan fingerprint density at radius 3 is 1.92 bits per heavy atom. The smallest absolute Gasteiger partial charge is 0.0645 e. The fraction of sp³-hybridized carbons (Fsp3) is 0.130. The number of rotatable bonds is 3. The maximum Gasteiger partial charge on any atom is 0.0645 e. The van der Waals surface area contributed by atoms with Gasteiger partial charge in [-0.05, 0) is 98.7 Å². The first-order valence-electron chi connectivity index (χ1n) is 21.2. The van der Waals surface area contributed by atoms with Crippen LogP contribution in [-0.4, -0.2) is 4.57 Å². The van der Waals surface area contributed by atoms with Gasteiger partial charge in [0.05, 0.1) is 30.4 Å². The van der Waals surface area contributed by atoms with Crippen LogP contribution in [0.3, 0.4) is 0 Å². The highest BCUT2D eigenvalue weighted by atomic mass is 15.1. The van der Waals surface area contributed by atoms with Crippen LogP contribution in [0.25, 0.3) is 49.4 Å². The van der Waals surface area contributed by atoms with E-state index in [1.165, 1.54) is 21.4 Å². The molecule has 7 aromatic carbocycles.